The first-order valence-electron chi connectivity index (χ1n) is 8.90. The van der Waals surface area contributed by atoms with Crippen LogP contribution in [0.5, 0.6) is 0 Å². The van der Waals surface area contributed by atoms with Crippen LogP contribution in [0.25, 0.3) is 21.3 Å². The summed E-state index contributed by atoms with van der Waals surface area (Å²) in [5, 5.41) is 1.07. The molecule has 0 aliphatic heterocycles. The number of hydrogen-bond acceptors (Lipinski definition) is 2. The molecule has 0 N–H and O–H groups in total. The van der Waals surface area contributed by atoms with Gasteiger partial charge in [0.25, 0.3) is 5.91 Å². The Morgan fingerprint density at radius 1 is 1.03 bits per heavy atom. The van der Waals surface area contributed by atoms with Crippen LogP contribution in [0.4, 0.5) is 0 Å². The van der Waals surface area contributed by atoms with Crippen molar-refractivity contribution in [2.45, 2.75) is 6.54 Å². The Morgan fingerprint density at radius 3 is 2.41 bits per heavy atom. The summed E-state index contributed by atoms with van der Waals surface area (Å²) in [6.45, 7) is 4.28. The van der Waals surface area contributed by atoms with Gasteiger partial charge in [0.2, 0.25) is 0 Å². The van der Waals surface area contributed by atoms with Crippen molar-refractivity contribution in [1.82, 2.24) is 4.57 Å². The van der Waals surface area contributed by atoms with Gasteiger partial charge in [-0.25, -0.2) is 0 Å². The Labute approximate surface area is 182 Å². The monoisotopic (exact) mass is 438 g/mol. The van der Waals surface area contributed by atoms with E-state index in [4.69, 9.17) is 23.2 Å². The Morgan fingerprint density at radius 2 is 1.72 bits per heavy atom. The van der Waals surface area contributed by atoms with Crippen LogP contribution in [-0.2, 0) is 6.54 Å². The Balaban J connectivity index is 1.75. The van der Waals surface area contributed by atoms with Crippen molar-refractivity contribution in [3.8, 4) is 11.1 Å². The average Bonchev–Trinajstić information content (AvgIpc) is 3.06. The van der Waals surface area contributed by atoms with Crippen molar-refractivity contribution >= 4 is 50.7 Å². The zero-order valence-corrected chi connectivity index (χ0v) is 17.6. The lowest BCUT2D eigenvalue weighted by atomic mass is 10.0. The lowest BCUT2D eigenvalue weighted by molar-refractivity contribution is 0.0998. The summed E-state index contributed by atoms with van der Waals surface area (Å²) in [6, 6.07) is 21.0. The quantitative estimate of drug-likeness (QED) is 0.330. The fourth-order valence-corrected chi connectivity index (χ4v) is 4.92. The van der Waals surface area contributed by atoms with E-state index >= 15 is 0 Å². The number of carbonyl (C=O) groups excluding carboxylic acids is 1. The van der Waals surface area contributed by atoms with Crippen LogP contribution in [-0.4, -0.2) is 10.5 Å². The van der Waals surface area contributed by atoms with Gasteiger partial charge >= 0.3 is 0 Å². The molecule has 3 nitrogen and oxygen atoms in total. The van der Waals surface area contributed by atoms with Crippen molar-refractivity contribution in [3.05, 3.63) is 99.8 Å². The average molecular weight is 439 g/mol. The number of nitrogens with zero attached hydrogens (tertiary/aromatic N) is 2. The van der Waals surface area contributed by atoms with Crippen LogP contribution in [0.2, 0.25) is 10.0 Å². The zero-order valence-electron chi connectivity index (χ0n) is 15.3. The van der Waals surface area contributed by atoms with Crippen molar-refractivity contribution in [1.29, 1.82) is 0 Å². The first kappa shape index (κ1) is 19.6. The summed E-state index contributed by atoms with van der Waals surface area (Å²) in [5.74, 6) is -0.309. The highest BCUT2D eigenvalue weighted by molar-refractivity contribution is 7.16. The number of amides is 1. The van der Waals surface area contributed by atoms with Gasteiger partial charge in [-0.15, -0.1) is 6.58 Å². The number of halogens is 2. The molecule has 1 heterocycles. The van der Waals surface area contributed by atoms with E-state index in [2.05, 4.69) is 11.6 Å². The summed E-state index contributed by atoms with van der Waals surface area (Å²) in [6.07, 6.45) is 1.75. The molecule has 0 radical (unpaired) electrons. The normalized spacial score (nSPS) is 11.7. The SMILES string of the molecule is C=CCn1c(=NC(=O)c2ccc(-c3ccccc3)cc2)sc2cc(Cl)cc(Cl)c21. The third kappa shape index (κ3) is 4.06. The highest BCUT2D eigenvalue weighted by atomic mass is 35.5. The molecular weight excluding hydrogens is 423 g/mol. The van der Waals surface area contributed by atoms with E-state index in [0.717, 1.165) is 21.3 Å². The predicted octanol–water partition coefficient (Wildman–Crippen LogP) is 6.60. The second-order valence-corrected chi connectivity index (χ2v) is 8.23. The Bertz CT molecular complexity index is 1270. The highest BCUT2D eigenvalue weighted by Crippen LogP contribution is 2.29. The van der Waals surface area contributed by atoms with Gasteiger partial charge in [-0.3, -0.25) is 4.79 Å². The minimum atomic E-state index is -0.309. The molecule has 0 saturated carbocycles. The number of hydrogen-bond donors (Lipinski definition) is 0. The van der Waals surface area contributed by atoms with Crippen LogP contribution in [0.3, 0.4) is 0 Å². The fraction of sp³-hybridized carbons (Fsp3) is 0.0435. The van der Waals surface area contributed by atoms with Gasteiger partial charge in [0.15, 0.2) is 4.80 Å². The molecule has 0 aliphatic rings. The number of fused-ring (bicyclic) bond motifs is 1. The molecular formula is C23H16Cl2N2OS. The molecule has 0 aliphatic carbocycles. The summed E-state index contributed by atoms with van der Waals surface area (Å²) < 4.78 is 2.75. The van der Waals surface area contributed by atoms with Crippen molar-refractivity contribution < 1.29 is 4.79 Å². The third-order valence-electron chi connectivity index (χ3n) is 4.44. The van der Waals surface area contributed by atoms with E-state index in [1.165, 1.54) is 11.3 Å². The number of carbonyl (C=O) groups is 1. The van der Waals surface area contributed by atoms with Crippen LogP contribution in [0.1, 0.15) is 10.4 Å². The topological polar surface area (TPSA) is 34.4 Å². The number of aromatic nitrogens is 1. The smallest absolute Gasteiger partial charge is 0.279 e. The Kier molecular flexibility index (Phi) is 5.67. The van der Waals surface area contributed by atoms with E-state index < -0.39 is 0 Å². The summed E-state index contributed by atoms with van der Waals surface area (Å²) in [5.41, 5.74) is 3.47. The van der Waals surface area contributed by atoms with E-state index in [0.29, 0.717) is 27.0 Å². The number of benzene rings is 3. The highest BCUT2D eigenvalue weighted by Gasteiger charge is 2.12. The molecule has 0 fully saturated rings. The Hall–Kier alpha value is -2.66. The maximum absolute atomic E-state index is 12.8. The standard InChI is InChI=1S/C23H16Cl2N2OS/c1-2-12-27-21-19(25)13-18(24)14-20(21)29-23(27)26-22(28)17-10-8-16(9-11-17)15-6-4-3-5-7-15/h2-11,13-14H,1,12H2. The van der Waals surface area contributed by atoms with E-state index in [1.807, 2.05) is 53.1 Å². The molecule has 0 unspecified atom stereocenters. The lowest BCUT2D eigenvalue weighted by Gasteiger charge is -2.04. The molecule has 0 atom stereocenters. The predicted molar refractivity (Wildman–Crippen MR) is 122 cm³/mol. The number of rotatable bonds is 4. The molecule has 3 aromatic carbocycles. The van der Waals surface area contributed by atoms with Gasteiger partial charge in [0, 0.05) is 17.1 Å². The van der Waals surface area contributed by atoms with Crippen LogP contribution in [0.15, 0.2) is 84.4 Å². The van der Waals surface area contributed by atoms with Crippen molar-refractivity contribution in [2.24, 2.45) is 4.99 Å². The van der Waals surface area contributed by atoms with Crippen molar-refractivity contribution in [2.75, 3.05) is 0 Å². The first-order chi connectivity index (χ1) is 14.1. The molecule has 29 heavy (non-hydrogen) atoms. The second-order valence-electron chi connectivity index (χ2n) is 6.38. The van der Waals surface area contributed by atoms with Gasteiger partial charge < -0.3 is 4.57 Å². The number of allylic oxidation sites excluding steroid dienone is 1. The van der Waals surface area contributed by atoms with Gasteiger partial charge in [-0.05, 0) is 35.4 Å². The van der Waals surface area contributed by atoms with Crippen molar-refractivity contribution in [3.63, 3.8) is 0 Å². The van der Waals surface area contributed by atoms with Gasteiger partial charge in [0.1, 0.15) is 0 Å². The maximum Gasteiger partial charge on any atom is 0.279 e. The molecule has 0 bridgehead atoms. The van der Waals surface area contributed by atoms with Gasteiger partial charge in [-0.1, -0.05) is 83.1 Å². The second kappa shape index (κ2) is 8.37. The summed E-state index contributed by atoms with van der Waals surface area (Å²) in [7, 11) is 0. The van der Waals surface area contributed by atoms with Crippen LogP contribution < -0.4 is 4.80 Å². The molecule has 144 valence electrons. The van der Waals surface area contributed by atoms with E-state index in [9.17, 15) is 4.79 Å². The molecule has 6 heteroatoms. The van der Waals surface area contributed by atoms with Gasteiger partial charge in [-0.2, -0.15) is 4.99 Å². The van der Waals surface area contributed by atoms with Crippen LogP contribution in [0, 0.1) is 0 Å². The lowest BCUT2D eigenvalue weighted by Crippen LogP contribution is -2.16. The third-order valence-corrected chi connectivity index (χ3v) is 5.97. The van der Waals surface area contributed by atoms with E-state index in [-0.39, 0.29) is 5.91 Å². The molecule has 1 aromatic heterocycles. The number of thiazole rings is 1. The zero-order chi connectivity index (χ0) is 20.4. The largest absolute Gasteiger partial charge is 0.311 e. The minimum absolute atomic E-state index is 0.309. The molecule has 0 saturated heterocycles. The molecule has 0 spiro atoms. The van der Waals surface area contributed by atoms with Crippen LogP contribution >= 0.6 is 34.5 Å². The maximum atomic E-state index is 12.8. The molecule has 4 aromatic rings. The first-order valence-corrected chi connectivity index (χ1v) is 10.5. The fourth-order valence-electron chi connectivity index (χ4n) is 3.10. The van der Waals surface area contributed by atoms with E-state index in [1.54, 1.807) is 24.3 Å². The summed E-state index contributed by atoms with van der Waals surface area (Å²) >= 11 is 13.9. The molecule has 1 amide bonds. The summed E-state index contributed by atoms with van der Waals surface area (Å²) in [4.78, 5) is 17.7. The minimum Gasteiger partial charge on any atom is -0.311 e. The molecule has 4 rings (SSSR count). The van der Waals surface area contributed by atoms with Gasteiger partial charge in [0.05, 0.1) is 15.2 Å².